The maximum Gasteiger partial charge on any atom is 0.0782 e. The highest BCUT2D eigenvalue weighted by molar-refractivity contribution is 5.12. The van der Waals surface area contributed by atoms with Crippen molar-refractivity contribution < 1.29 is 0 Å². The second-order valence-electron chi connectivity index (χ2n) is 3.86. The fraction of sp³-hybridized carbons (Fsp3) is 0.538. The summed E-state index contributed by atoms with van der Waals surface area (Å²) in [5, 5.41) is 3.43. The molecule has 1 atom stereocenters. The van der Waals surface area contributed by atoms with E-state index >= 15 is 0 Å². The minimum atomic E-state index is 0.250. The first-order valence-corrected chi connectivity index (χ1v) is 5.70. The molecule has 0 spiro atoms. The summed E-state index contributed by atoms with van der Waals surface area (Å²) < 4.78 is 0. The molecule has 0 aromatic carbocycles. The molecule has 16 heavy (non-hydrogen) atoms. The van der Waals surface area contributed by atoms with E-state index in [-0.39, 0.29) is 6.04 Å². The van der Waals surface area contributed by atoms with E-state index in [1.54, 1.807) is 12.4 Å². The predicted molar refractivity (Wildman–Crippen MR) is 65.9 cm³/mol. The maximum absolute atomic E-state index is 5.19. The van der Waals surface area contributed by atoms with Crippen molar-refractivity contribution >= 4 is 0 Å². The molecule has 0 bridgehead atoms. The van der Waals surface area contributed by atoms with Gasteiger partial charge in [-0.2, -0.15) is 0 Å². The summed E-state index contributed by atoms with van der Waals surface area (Å²) in [6.07, 6.45) is 11.7. The molecule has 0 saturated heterocycles. The molecule has 1 aromatic rings. The van der Waals surface area contributed by atoms with Gasteiger partial charge in [0.2, 0.25) is 0 Å². The van der Waals surface area contributed by atoms with Gasteiger partial charge in [-0.05, 0) is 33.2 Å². The van der Waals surface area contributed by atoms with Crippen molar-refractivity contribution in [2.75, 3.05) is 6.54 Å². The van der Waals surface area contributed by atoms with Crippen molar-refractivity contribution in [1.29, 1.82) is 0 Å². The lowest BCUT2D eigenvalue weighted by molar-refractivity contribution is 0.535. The molecule has 1 N–H and O–H groups in total. The van der Waals surface area contributed by atoms with Crippen molar-refractivity contribution in [3.8, 4) is 12.3 Å². The molecule has 86 valence electrons. The van der Waals surface area contributed by atoms with Gasteiger partial charge in [-0.15, -0.1) is 12.3 Å². The Labute approximate surface area is 97.7 Å². The van der Waals surface area contributed by atoms with E-state index in [0.29, 0.717) is 0 Å². The molecule has 0 aliphatic rings. The van der Waals surface area contributed by atoms with Crippen LogP contribution in [0.2, 0.25) is 0 Å². The first-order valence-electron chi connectivity index (χ1n) is 5.70. The van der Waals surface area contributed by atoms with Gasteiger partial charge in [0.25, 0.3) is 0 Å². The third-order valence-electron chi connectivity index (χ3n) is 2.53. The Bertz CT molecular complexity index is 354. The zero-order valence-electron chi connectivity index (χ0n) is 10.0. The molecule has 1 rings (SSSR count). The molecule has 0 aliphatic heterocycles. The van der Waals surface area contributed by atoms with Crippen molar-refractivity contribution in [1.82, 2.24) is 15.3 Å². The van der Waals surface area contributed by atoms with Gasteiger partial charge in [0, 0.05) is 24.9 Å². The molecule has 0 saturated carbocycles. The van der Waals surface area contributed by atoms with E-state index < -0.39 is 0 Å². The molecule has 1 unspecified atom stereocenters. The lowest BCUT2D eigenvalue weighted by atomic mass is 10.1. The van der Waals surface area contributed by atoms with Gasteiger partial charge in [0.1, 0.15) is 0 Å². The van der Waals surface area contributed by atoms with E-state index in [1.807, 2.05) is 6.92 Å². The zero-order valence-corrected chi connectivity index (χ0v) is 10.0. The Kier molecular flexibility index (Phi) is 5.52. The number of hydrogen-bond acceptors (Lipinski definition) is 3. The van der Waals surface area contributed by atoms with Gasteiger partial charge in [0.15, 0.2) is 0 Å². The summed E-state index contributed by atoms with van der Waals surface area (Å²) in [4.78, 5) is 8.56. The van der Waals surface area contributed by atoms with Gasteiger partial charge >= 0.3 is 0 Å². The van der Waals surface area contributed by atoms with Gasteiger partial charge in [-0.1, -0.05) is 0 Å². The Balaban J connectivity index is 2.33. The first kappa shape index (κ1) is 12.7. The number of rotatable bonds is 6. The fourth-order valence-electron chi connectivity index (χ4n) is 1.61. The van der Waals surface area contributed by atoms with E-state index in [9.17, 15) is 0 Å². The highest BCUT2D eigenvalue weighted by Gasteiger charge is 2.08. The number of terminal acetylenes is 1. The third kappa shape index (κ3) is 4.00. The summed E-state index contributed by atoms with van der Waals surface area (Å²) in [7, 11) is 0. The van der Waals surface area contributed by atoms with Gasteiger partial charge in [0.05, 0.1) is 11.4 Å². The minimum absolute atomic E-state index is 0.250. The van der Waals surface area contributed by atoms with Crippen LogP contribution in [-0.4, -0.2) is 16.5 Å². The molecule has 3 nitrogen and oxygen atoms in total. The fourth-order valence-corrected chi connectivity index (χ4v) is 1.61. The first-order chi connectivity index (χ1) is 7.75. The van der Waals surface area contributed by atoms with Crippen LogP contribution in [-0.2, 0) is 0 Å². The van der Waals surface area contributed by atoms with Crippen LogP contribution in [0.4, 0.5) is 0 Å². The Morgan fingerprint density at radius 3 is 2.81 bits per heavy atom. The van der Waals surface area contributed by atoms with E-state index in [2.05, 4.69) is 28.1 Å². The molecule has 0 radical (unpaired) electrons. The van der Waals surface area contributed by atoms with Crippen LogP contribution in [0.25, 0.3) is 0 Å². The quantitative estimate of drug-likeness (QED) is 0.586. The lowest BCUT2D eigenvalue weighted by Crippen LogP contribution is -2.21. The molecule has 1 heterocycles. The number of aromatic nitrogens is 2. The number of nitrogens with zero attached hydrogens (tertiary/aromatic N) is 2. The highest BCUT2D eigenvalue weighted by atomic mass is 14.9. The Morgan fingerprint density at radius 2 is 2.12 bits per heavy atom. The average Bonchev–Trinajstić information content (AvgIpc) is 2.29. The lowest BCUT2D eigenvalue weighted by Gasteiger charge is -2.14. The van der Waals surface area contributed by atoms with Crippen LogP contribution in [0.15, 0.2) is 12.4 Å². The van der Waals surface area contributed by atoms with Gasteiger partial charge in [-0.3, -0.25) is 9.97 Å². The summed E-state index contributed by atoms with van der Waals surface area (Å²) in [6, 6.07) is 0.250. The van der Waals surface area contributed by atoms with Gasteiger partial charge in [-0.25, -0.2) is 0 Å². The summed E-state index contributed by atoms with van der Waals surface area (Å²) in [5.74, 6) is 2.65. The van der Waals surface area contributed by atoms with Crippen LogP contribution in [0, 0.1) is 19.3 Å². The predicted octanol–water partition coefficient (Wildman–Crippen LogP) is 2.24. The minimum Gasteiger partial charge on any atom is -0.309 e. The highest BCUT2D eigenvalue weighted by Crippen LogP contribution is 2.11. The van der Waals surface area contributed by atoms with Crippen LogP contribution in [0.5, 0.6) is 0 Å². The number of aryl methyl sites for hydroxylation is 1. The van der Waals surface area contributed by atoms with Crippen molar-refractivity contribution in [3.05, 3.63) is 23.8 Å². The molecular weight excluding hydrogens is 198 g/mol. The SMILES string of the molecule is C#CCCCCNC(C)c1nccnc1C. The summed E-state index contributed by atoms with van der Waals surface area (Å²) in [6.45, 7) is 5.07. The molecule has 1 aromatic heterocycles. The van der Waals surface area contributed by atoms with Crippen molar-refractivity contribution in [3.63, 3.8) is 0 Å². The summed E-state index contributed by atoms with van der Waals surface area (Å²) in [5.41, 5.74) is 2.02. The van der Waals surface area contributed by atoms with E-state index in [4.69, 9.17) is 6.42 Å². The average molecular weight is 217 g/mol. The largest absolute Gasteiger partial charge is 0.309 e. The molecule has 0 aliphatic carbocycles. The molecular formula is C13H19N3. The Hall–Kier alpha value is -1.40. The molecule has 0 amide bonds. The maximum atomic E-state index is 5.19. The zero-order chi connectivity index (χ0) is 11.8. The molecule has 3 heteroatoms. The van der Waals surface area contributed by atoms with Crippen LogP contribution >= 0.6 is 0 Å². The second kappa shape index (κ2) is 6.97. The van der Waals surface area contributed by atoms with Crippen molar-refractivity contribution in [2.24, 2.45) is 0 Å². The van der Waals surface area contributed by atoms with Crippen LogP contribution in [0.1, 0.15) is 43.6 Å². The number of nitrogens with one attached hydrogen (secondary N) is 1. The van der Waals surface area contributed by atoms with E-state index in [1.165, 1.54) is 0 Å². The smallest absolute Gasteiger partial charge is 0.0782 e. The third-order valence-corrected chi connectivity index (χ3v) is 2.53. The van der Waals surface area contributed by atoms with Crippen LogP contribution in [0.3, 0.4) is 0 Å². The normalized spacial score (nSPS) is 12.1. The van der Waals surface area contributed by atoms with Gasteiger partial charge < -0.3 is 5.32 Å². The number of unbranched alkanes of at least 4 members (excludes halogenated alkanes) is 2. The van der Waals surface area contributed by atoms with Crippen molar-refractivity contribution in [2.45, 2.75) is 39.2 Å². The standard InChI is InChI=1S/C13H19N3/c1-4-5-6-7-8-14-11(2)13-12(3)15-9-10-16-13/h1,9-11,14H,5-8H2,2-3H3. The second-order valence-corrected chi connectivity index (χ2v) is 3.86. The van der Waals surface area contributed by atoms with Crippen LogP contribution < -0.4 is 5.32 Å². The number of hydrogen-bond donors (Lipinski definition) is 1. The topological polar surface area (TPSA) is 37.8 Å². The van der Waals surface area contributed by atoms with E-state index in [0.717, 1.165) is 37.2 Å². The summed E-state index contributed by atoms with van der Waals surface area (Å²) >= 11 is 0. The molecule has 0 fully saturated rings. The Morgan fingerprint density at radius 1 is 1.38 bits per heavy atom. The monoisotopic (exact) mass is 217 g/mol.